The fourth-order valence-corrected chi connectivity index (χ4v) is 7.10. The smallest absolute Gasteiger partial charge is 0.323 e. The fourth-order valence-electron chi connectivity index (χ4n) is 6.53. The van der Waals surface area contributed by atoms with Crippen molar-refractivity contribution in [3.05, 3.63) is 11.9 Å². The molecule has 0 aliphatic rings. The van der Waals surface area contributed by atoms with Gasteiger partial charge in [0.1, 0.15) is 12.6 Å². The summed E-state index contributed by atoms with van der Waals surface area (Å²) in [5.74, 6) is 2.60. The summed E-state index contributed by atoms with van der Waals surface area (Å²) in [4.78, 5) is 76.3. The van der Waals surface area contributed by atoms with E-state index in [-0.39, 0.29) is 90.8 Å². The third-order valence-electron chi connectivity index (χ3n) is 10.1. The molecule has 3 amide bonds. The molecule has 0 radical (unpaired) electrons. The van der Waals surface area contributed by atoms with Crippen LogP contribution in [-0.2, 0) is 52.0 Å². The Morgan fingerprint density at radius 2 is 1.45 bits per heavy atom. The van der Waals surface area contributed by atoms with Crippen LogP contribution in [0.5, 0.6) is 0 Å². The number of amides is 3. The second kappa shape index (κ2) is 36.0. The number of hydrazine groups is 1. The summed E-state index contributed by atoms with van der Waals surface area (Å²) < 4.78 is 25.1. The zero-order valence-electron chi connectivity index (χ0n) is 41.8. The molecule has 0 saturated carbocycles. The SMILES string of the molecule is CC(C)NC(C)C.COC(=O)CN(CC(=O)OC)C(CCCCNC(=O)CN(N)/C=C(\N)C(C)CC(C)C(=O)NCC(C)CC(C)(C)C(=O)NC(CO)C(C)OPOCCC#N)C(=O)OC. The van der Waals surface area contributed by atoms with E-state index >= 15 is 0 Å². The molecule has 0 spiro atoms. The Morgan fingerprint density at radius 3 is 1.95 bits per heavy atom. The number of allylic oxidation sites excluding steroid dienone is 1. The van der Waals surface area contributed by atoms with Gasteiger partial charge >= 0.3 is 17.9 Å². The zero-order chi connectivity index (χ0) is 51.0. The first-order chi connectivity index (χ1) is 30.9. The number of unbranched alkanes of at least 4 members (excludes halogenated alkanes) is 1. The summed E-state index contributed by atoms with van der Waals surface area (Å²) in [6.45, 7) is 19.1. The van der Waals surface area contributed by atoms with Crippen molar-refractivity contribution in [2.45, 2.75) is 138 Å². The Kier molecular flexibility index (Phi) is 34.8. The molecule has 0 aromatic rings. The average molecular weight is 962 g/mol. The van der Waals surface area contributed by atoms with Gasteiger partial charge in [-0.25, -0.2) is 5.84 Å². The molecule has 66 heavy (non-hydrogen) atoms. The van der Waals surface area contributed by atoms with Crippen molar-refractivity contribution in [1.82, 2.24) is 31.2 Å². The molecular formula is C44H84N9O12P. The van der Waals surface area contributed by atoms with Crippen LogP contribution in [0.25, 0.3) is 0 Å². The van der Waals surface area contributed by atoms with Crippen molar-refractivity contribution in [1.29, 1.82) is 5.26 Å². The minimum absolute atomic E-state index is 0.0549. The number of methoxy groups -OCH3 is 3. The van der Waals surface area contributed by atoms with Crippen LogP contribution in [0.4, 0.5) is 0 Å². The molecule has 0 saturated heterocycles. The van der Waals surface area contributed by atoms with E-state index in [2.05, 4.69) is 58.4 Å². The van der Waals surface area contributed by atoms with Gasteiger partial charge in [-0.3, -0.25) is 33.7 Å². The highest BCUT2D eigenvalue weighted by atomic mass is 31.1. The lowest BCUT2D eigenvalue weighted by Crippen LogP contribution is -2.50. The maximum atomic E-state index is 13.1. The summed E-state index contributed by atoms with van der Waals surface area (Å²) in [5.41, 5.74) is 5.84. The van der Waals surface area contributed by atoms with Crippen molar-refractivity contribution in [2.24, 2.45) is 34.7 Å². The number of rotatable bonds is 33. The largest absolute Gasteiger partial charge is 0.468 e. The number of esters is 3. The maximum absolute atomic E-state index is 13.1. The zero-order valence-corrected chi connectivity index (χ0v) is 42.8. The Hall–Kier alpha value is -4.16. The van der Waals surface area contributed by atoms with E-state index in [0.29, 0.717) is 50.0 Å². The number of nitrogens with two attached hydrogens (primary N) is 2. The van der Waals surface area contributed by atoms with Gasteiger partial charge in [-0.05, 0) is 50.9 Å². The van der Waals surface area contributed by atoms with Crippen molar-refractivity contribution in [3.8, 4) is 6.07 Å². The molecule has 7 unspecified atom stereocenters. The van der Waals surface area contributed by atoms with Crippen LogP contribution in [0.2, 0.25) is 0 Å². The fraction of sp³-hybridized carbons (Fsp3) is 0.795. The molecular weight excluding hydrogens is 878 g/mol. The van der Waals surface area contributed by atoms with E-state index in [0.717, 1.165) is 5.01 Å². The van der Waals surface area contributed by atoms with Gasteiger partial charge < -0.3 is 60.4 Å². The monoisotopic (exact) mass is 962 g/mol. The van der Waals surface area contributed by atoms with Crippen molar-refractivity contribution < 1.29 is 57.1 Å². The second-order valence-electron chi connectivity index (χ2n) is 17.6. The number of nitrogens with zero attached hydrogens (tertiary/aromatic N) is 3. The van der Waals surface area contributed by atoms with E-state index < -0.39 is 47.4 Å². The van der Waals surface area contributed by atoms with Gasteiger partial charge in [0.15, 0.2) is 9.03 Å². The van der Waals surface area contributed by atoms with Crippen LogP contribution in [0.1, 0.15) is 108 Å². The van der Waals surface area contributed by atoms with Crippen LogP contribution in [0.15, 0.2) is 11.9 Å². The predicted octanol–water partition coefficient (Wildman–Crippen LogP) is 1.98. The highest BCUT2D eigenvalue weighted by Crippen LogP contribution is 2.27. The number of nitrogens with one attached hydrogen (secondary N) is 4. The van der Waals surface area contributed by atoms with Gasteiger partial charge in [-0.1, -0.05) is 62.3 Å². The lowest BCUT2D eigenvalue weighted by atomic mass is 9.82. The summed E-state index contributed by atoms with van der Waals surface area (Å²) in [5, 5.41) is 31.5. The number of hydrogen-bond donors (Lipinski definition) is 7. The number of carbonyl (C=O) groups is 6. The Bertz CT molecular complexity index is 1490. The highest BCUT2D eigenvalue weighted by Gasteiger charge is 2.33. The standard InChI is InChI=1S/C38H69N8O12P.C6H15N/c1-25(18-38(5,6)37(53)44-30(24-47)28(4)58-59-57-16-12-14-39)19-43-35(51)27(3)17-26(2)29(40)20-46(41)21-32(48)42-15-11-10-13-31(36(52)56-9)45(22-33(49)54-7)23-34(50)55-8;1-5(2)7-6(3)4/h20,25-28,30-31,47,59H,10-13,15-19,21-24,40-41H2,1-9H3,(H,42,48)(H,43,51)(H,44,53);5-7H,1-4H3/b29-20-;. The number of ether oxygens (including phenoxy) is 3. The molecule has 7 atom stereocenters. The minimum Gasteiger partial charge on any atom is -0.468 e. The van der Waals surface area contributed by atoms with E-state index in [1.807, 2.05) is 19.9 Å². The van der Waals surface area contributed by atoms with Crippen LogP contribution in [0, 0.1) is 34.5 Å². The second-order valence-corrected chi connectivity index (χ2v) is 18.3. The molecule has 0 heterocycles. The van der Waals surface area contributed by atoms with E-state index in [9.17, 15) is 33.9 Å². The summed E-state index contributed by atoms with van der Waals surface area (Å²) in [6, 6.07) is 1.64. The molecule has 0 fully saturated rings. The lowest BCUT2D eigenvalue weighted by Gasteiger charge is -2.31. The van der Waals surface area contributed by atoms with Gasteiger partial charge in [0.2, 0.25) is 17.7 Å². The van der Waals surface area contributed by atoms with Crippen LogP contribution >= 0.6 is 9.03 Å². The third-order valence-corrected chi connectivity index (χ3v) is 10.9. The van der Waals surface area contributed by atoms with E-state index in [1.54, 1.807) is 27.7 Å². The number of nitriles is 1. The average Bonchev–Trinajstić information content (AvgIpc) is 3.24. The van der Waals surface area contributed by atoms with Crippen LogP contribution in [0.3, 0.4) is 0 Å². The molecule has 9 N–H and O–H groups in total. The lowest BCUT2D eigenvalue weighted by molar-refractivity contribution is -0.153. The summed E-state index contributed by atoms with van der Waals surface area (Å²) in [6.07, 6.45) is 3.17. The number of aliphatic hydroxyl groups excluding tert-OH is 1. The van der Waals surface area contributed by atoms with Crippen LogP contribution < -0.4 is 32.8 Å². The molecule has 0 rings (SSSR count). The summed E-state index contributed by atoms with van der Waals surface area (Å²) in [7, 11) is 3.26. The Labute approximate surface area is 395 Å². The highest BCUT2D eigenvalue weighted by molar-refractivity contribution is 7.26. The topological polar surface area (TPSA) is 299 Å². The molecule has 0 aliphatic heterocycles. The molecule has 0 aromatic heterocycles. The number of aliphatic hydroxyl groups is 1. The Morgan fingerprint density at radius 1 is 0.864 bits per heavy atom. The minimum atomic E-state index is -0.920. The quantitative estimate of drug-likeness (QED) is 0.0124. The van der Waals surface area contributed by atoms with Gasteiger partial charge in [-0.2, -0.15) is 5.26 Å². The van der Waals surface area contributed by atoms with E-state index in [1.165, 1.54) is 32.4 Å². The Balaban J connectivity index is 0. The molecule has 0 aromatic carbocycles. The first-order valence-corrected chi connectivity index (χ1v) is 23.3. The van der Waals surface area contributed by atoms with Gasteiger partial charge in [0, 0.05) is 48.4 Å². The van der Waals surface area contributed by atoms with Crippen LogP contribution in [-0.4, -0.2) is 148 Å². The first kappa shape index (κ1) is 63.9. The third kappa shape index (κ3) is 30.2. The normalized spacial score (nSPS) is 14.5. The number of carbonyl (C=O) groups excluding carboxylic acids is 6. The molecule has 382 valence electrons. The number of hydrogen-bond acceptors (Lipinski definition) is 18. The first-order valence-electron chi connectivity index (χ1n) is 22.4. The van der Waals surface area contributed by atoms with Gasteiger partial charge in [-0.15, -0.1) is 0 Å². The van der Waals surface area contributed by atoms with Gasteiger partial charge in [0.05, 0.1) is 72.3 Å². The van der Waals surface area contributed by atoms with Crippen molar-refractivity contribution in [2.75, 3.05) is 67.3 Å². The predicted molar refractivity (Wildman–Crippen MR) is 252 cm³/mol. The van der Waals surface area contributed by atoms with E-state index in [4.69, 9.17) is 30.6 Å². The van der Waals surface area contributed by atoms with Crippen molar-refractivity contribution in [3.63, 3.8) is 0 Å². The molecule has 21 nitrogen and oxygen atoms in total. The summed E-state index contributed by atoms with van der Waals surface area (Å²) >= 11 is 0. The maximum Gasteiger partial charge on any atom is 0.323 e. The van der Waals surface area contributed by atoms with Crippen molar-refractivity contribution >= 4 is 44.7 Å². The molecule has 0 aliphatic carbocycles. The molecule has 0 bridgehead atoms. The molecule has 22 heteroatoms. The van der Waals surface area contributed by atoms with Gasteiger partial charge in [0.25, 0.3) is 0 Å².